The van der Waals surface area contributed by atoms with Gasteiger partial charge in [-0.05, 0) is 26.0 Å². The first-order chi connectivity index (χ1) is 11.5. The first-order valence-corrected chi connectivity index (χ1v) is 8.19. The van der Waals surface area contributed by atoms with Gasteiger partial charge in [-0.25, -0.2) is 4.79 Å². The van der Waals surface area contributed by atoms with Crippen LogP contribution < -0.4 is 15.7 Å². The van der Waals surface area contributed by atoms with Gasteiger partial charge in [0.15, 0.2) is 0 Å². The number of amides is 1. The molecule has 24 heavy (non-hydrogen) atoms. The van der Waals surface area contributed by atoms with Crippen LogP contribution in [0.1, 0.15) is 18.2 Å². The van der Waals surface area contributed by atoms with Crippen LogP contribution in [0.4, 0.5) is 5.69 Å². The Hall–Kier alpha value is -2.79. The molecule has 1 heterocycles. The fourth-order valence-corrected chi connectivity index (χ4v) is 2.80. The maximum absolute atomic E-state index is 12.1. The standard InChI is InChI=1S/C16H16N4O3S/c1-3-23-13-7-5-4-6-12(13)19-14(21)9-24-15-11(8-17)10(2)18-16(22)20-15/h4-7H,3,9H2,1-2H3,(H,19,21)(H,18,20,22). The third-order valence-corrected chi connectivity index (χ3v) is 3.97. The van der Waals surface area contributed by atoms with Crippen LogP contribution in [0.15, 0.2) is 34.1 Å². The lowest BCUT2D eigenvalue weighted by Crippen LogP contribution is -2.17. The minimum absolute atomic E-state index is 0.0189. The summed E-state index contributed by atoms with van der Waals surface area (Å²) in [6, 6.07) is 9.10. The topological polar surface area (TPSA) is 108 Å². The number of carbonyl (C=O) groups excluding carboxylic acids is 1. The molecule has 0 aliphatic carbocycles. The zero-order valence-corrected chi connectivity index (χ0v) is 14.1. The van der Waals surface area contributed by atoms with Gasteiger partial charge in [-0.15, -0.1) is 0 Å². The summed E-state index contributed by atoms with van der Waals surface area (Å²) < 4.78 is 5.45. The Morgan fingerprint density at radius 1 is 1.46 bits per heavy atom. The lowest BCUT2D eigenvalue weighted by molar-refractivity contribution is -0.113. The summed E-state index contributed by atoms with van der Waals surface area (Å²) in [6.07, 6.45) is 0. The van der Waals surface area contributed by atoms with Crippen molar-refractivity contribution in [3.63, 3.8) is 0 Å². The minimum Gasteiger partial charge on any atom is -0.492 e. The summed E-state index contributed by atoms with van der Waals surface area (Å²) in [5, 5.41) is 12.1. The molecular weight excluding hydrogens is 328 g/mol. The second kappa shape index (κ2) is 8.17. The molecular formula is C16H16N4O3S. The van der Waals surface area contributed by atoms with Gasteiger partial charge in [0.25, 0.3) is 0 Å². The highest BCUT2D eigenvalue weighted by Gasteiger charge is 2.13. The highest BCUT2D eigenvalue weighted by molar-refractivity contribution is 8.00. The highest BCUT2D eigenvalue weighted by Crippen LogP contribution is 2.25. The normalized spacial score (nSPS) is 10.0. The van der Waals surface area contributed by atoms with E-state index in [2.05, 4.69) is 15.3 Å². The molecule has 0 radical (unpaired) electrons. The molecule has 2 aromatic rings. The Bertz CT molecular complexity index is 842. The van der Waals surface area contributed by atoms with Crippen molar-refractivity contribution in [1.29, 1.82) is 5.26 Å². The zero-order valence-electron chi connectivity index (χ0n) is 13.3. The van der Waals surface area contributed by atoms with E-state index >= 15 is 0 Å². The van der Waals surface area contributed by atoms with E-state index in [0.29, 0.717) is 23.7 Å². The predicted octanol–water partition coefficient (Wildman–Crippen LogP) is 2.08. The van der Waals surface area contributed by atoms with Gasteiger partial charge in [-0.1, -0.05) is 23.9 Å². The summed E-state index contributed by atoms with van der Waals surface area (Å²) in [4.78, 5) is 29.8. The Labute approximate surface area is 143 Å². The van der Waals surface area contributed by atoms with Crippen LogP contribution in [0.3, 0.4) is 0 Å². The molecule has 0 atom stereocenters. The third kappa shape index (κ3) is 4.36. The van der Waals surface area contributed by atoms with Crippen LogP contribution in [0.25, 0.3) is 0 Å². The second-order valence-electron chi connectivity index (χ2n) is 4.72. The average molecular weight is 344 g/mol. The van der Waals surface area contributed by atoms with Crippen LogP contribution in [0, 0.1) is 18.3 Å². The van der Waals surface area contributed by atoms with Crippen LogP contribution in [0.5, 0.6) is 5.75 Å². The molecule has 0 aliphatic heterocycles. The average Bonchev–Trinajstić information content (AvgIpc) is 2.54. The fourth-order valence-electron chi connectivity index (χ4n) is 1.97. The number of nitrogens with one attached hydrogen (secondary N) is 2. The van der Waals surface area contributed by atoms with Crippen LogP contribution in [-0.2, 0) is 4.79 Å². The van der Waals surface area contributed by atoms with E-state index in [1.165, 1.54) is 0 Å². The van der Waals surface area contributed by atoms with Gasteiger partial charge in [0.05, 0.1) is 18.0 Å². The van der Waals surface area contributed by atoms with E-state index in [0.717, 1.165) is 11.8 Å². The molecule has 124 valence electrons. The number of para-hydroxylation sites is 2. The SMILES string of the molecule is CCOc1ccccc1NC(=O)CSc1nc(=O)[nH]c(C)c1C#N. The number of aromatic amines is 1. The summed E-state index contributed by atoms with van der Waals surface area (Å²) in [5.41, 5.74) is 0.723. The van der Waals surface area contributed by atoms with Crippen molar-refractivity contribution in [3.8, 4) is 11.8 Å². The van der Waals surface area contributed by atoms with Gasteiger partial charge in [-0.2, -0.15) is 10.2 Å². The molecule has 1 aromatic carbocycles. The Kier molecular flexibility index (Phi) is 5.98. The summed E-state index contributed by atoms with van der Waals surface area (Å²) in [7, 11) is 0. The van der Waals surface area contributed by atoms with E-state index in [4.69, 9.17) is 10.00 Å². The van der Waals surface area contributed by atoms with Crippen LogP contribution in [-0.4, -0.2) is 28.2 Å². The maximum atomic E-state index is 12.1. The lowest BCUT2D eigenvalue weighted by Gasteiger charge is -2.11. The Balaban J connectivity index is 2.07. The van der Waals surface area contributed by atoms with Crippen molar-refractivity contribution in [1.82, 2.24) is 9.97 Å². The largest absolute Gasteiger partial charge is 0.492 e. The molecule has 2 N–H and O–H groups in total. The van der Waals surface area contributed by atoms with Crippen molar-refractivity contribution in [2.45, 2.75) is 18.9 Å². The fraction of sp³-hybridized carbons (Fsp3) is 0.250. The minimum atomic E-state index is -0.545. The Morgan fingerprint density at radius 3 is 2.92 bits per heavy atom. The summed E-state index contributed by atoms with van der Waals surface area (Å²) in [6.45, 7) is 3.96. The van der Waals surface area contributed by atoms with E-state index in [1.54, 1.807) is 25.1 Å². The second-order valence-corrected chi connectivity index (χ2v) is 5.69. The molecule has 0 fully saturated rings. The number of H-pyrrole nitrogens is 1. The van der Waals surface area contributed by atoms with Crippen molar-refractivity contribution in [2.24, 2.45) is 0 Å². The monoisotopic (exact) mass is 344 g/mol. The molecule has 0 unspecified atom stereocenters. The number of nitriles is 1. The molecule has 1 amide bonds. The van der Waals surface area contributed by atoms with Gasteiger partial charge >= 0.3 is 5.69 Å². The number of hydrogen-bond acceptors (Lipinski definition) is 6. The van der Waals surface area contributed by atoms with Gasteiger partial charge in [0.1, 0.15) is 22.4 Å². The molecule has 2 rings (SSSR count). The number of carbonyl (C=O) groups is 1. The van der Waals surface area contributed by atoms with Crippen LogP contribution in [0.2, 0.25) is 0 Å². The Morgan fingerprint density at radius 2 is 2.21 bits per heavy atom. The summed E-state index contributed by atoms with van der Waals surface area (Å²) >= 11 is 1.04. The molecule has 0 saturated heterocycles. The quantitative estimate of drug-likeness (QED) is 0.613. The van der Waals surface area contributed by atoms with E-state index in [1.807, 2.05) is 19.1 Å². The van der Waals surface area contributed by atoms with Crippen molar-refractivity contribution in [2.75, 3.05) is 17.7 Å². The van der Waals surface area contributed by atoms with Crippen molar-refractivity contribution in [3.05, 3.63) is 46.0 Å². The first kappa shape index (κ1) is 17.6. The van der Waals surface area contributed by atoms with Gasteiger partial charge in [0, 0.05) is 5.69 Å². The molecule has 0 bridgehead atoms. The van der Waals surface area contributed by atoms with Crippen molar-refractivity contribution < 1.29 is 9.53 Å². The van der Waals surface area contributed by atoms with E-state index < -0.39 is 5.69 Å². The zero-order chi connectivity index (χ0) is 17.5. The van der Waals surface area contributed by atoms with E-state index in [9.17, 15) is 9.59 Å². The molecule has 0 aliphatic rings. The van der Waals surface area contributed by atoms with Crippen LogP contribution >= 0.6 is 11.8 Å². The molecule has 7 nitrogen and oxygen atoms in total. The molecule has 0 saturated carbocycles. The smallest absolute Gasteiger partial charge is 0.346 e. The number of aromatic nitrogens is 2. The predicted molar refractivity (Wildman–Crippen MR) is 91.3 cm³/mol. The first-order valence-electron chi connectivity index (χ1n) is 7.20. The number of anilines is 1. The molecule has 1 aromatic heterocycles. The van der Waals surface area contributed by atoms with Gasteiger partial charge in [0.2, 0.25) is 5.91 Å². The molecule has 0 spiro atoms. The highest BCUT2D eigenvalue weighted by atomic mass is 32.2. The number of thioether (sulfide) groups is 1. The lowest BCUT2D eigenvalue weighted by atomic mass is 10.3. The third-order valence-electron chi connectivity index (χ3n) is 3.00. The van der Waals surface area contributed by atoms with Gasteiger partial charge in [-0.3, -0.25) is 4.79 Å². The maximum Gasteiger partial charge on any atom is 0.346 e. The number of ether oxygens (including phenoxy) is 1. The molecule has 8 heteroatoms. The van der Waals surface area contributed by atoms with E-state index in [-0.39, 0.29) is 22.2 Å². The number of hydrogen-bond donors (Lipinski definition) is 2. The number of rotatable bonds is 6. The number of aryl methyl sites for hydroxylation is 1. The number of benzene rings is 1. The van der Waals surface area contributed by atoms with Crippen molar-refractivity contribution >= 4 is 23.4 Å². The number of nitrogens with zero attached hydrogens (tertiary/aromatic N) is 2. The van der Waals surface area contributed by atoms with Gasteiger partial charge < -0.3 is 15.0 Å². The summed E-state index contributed by atoms with van der Waals surface area (Å²) in [5.74, 6) is 0.322.